The molecule has 1 heterocycles. The predicted octanol–water partition coefficient (Wildman–Crippen LogP) is 3.22. The summed E-state index contributed by atoms with van der Waals surface area (Å²) < 4.78 is 5.38. The van der Waals surface area contributed by atoms with Gasteiger partial charge in [-0.15, -0.1) is 0 Å². The summed E-state index contributed by atoms with van der Waals surface area (Å²) in [6, 6.07) is 21.0. The molecule has 7 nitrogen and oxygen atoms in total. The standard InChI is InChI=1S/C27H22N2O5/c30-25(18-34-23-13-11-21(12-14-23)27(32)33)28-16-15-26(31)29-17-22-7-2-1-5-19(22)9-10-20-6-3-4-8-24(20)29/h1-8,11-14H,15-18H2,(H,28,30)(H,32,33). The first-order valence-corrected chi connectivity index (χ1v) is 10.7. The van der Waals surface area contributed by atoms with Crippen LogP contribution in [0, 0.1) is 11.8 Å². The van der Waals surface area contributed by atoms with Crippen molar-refractivity contribution in [1.29, 1.82) is 0 Å². The SMILES string of the molecule is O=C(COc1ccc(C(=O)O)cc1)NCCC(=O)N1Cc2ccccc2C#Cc2ccccc21. The Labute approximate surface area is 197 Å². The van der Waals surface area contributed by atoms with Crippen LogP contribution in [0.5, 0.6) is 5.75 Å². The van der Waals surface area contributed by atoms with Gasteiger partial charge in [0, 0.05) is 24.1 Å². The number of carbonyl (C=O) groups is 3. The summed E-state index contributed by atoms with van der Waals surface area (Å²) >= 11 is 0. The van der Waals surface area contributed by atoms with Crippen molar-refractivity contribution in [2.24, 2.45) is 0 Å². The van der Waals surface area contributed by atoms with E-state index in [1.54, 1.807) is 4.90 Å². The minimum atomic E-state index is -1.04. The molecule has 2 amide bonds. The third kappa shape index (κ3) is 5.43. The van der Waals surface area contributed by atoms with Gasteiger partial charge in [-0.05, 0) is 48.0 Å². The number of anilines is 1. The lowest BCUT2D eigenvalue weighted by atomic mass is 10.0. The molecule has 4 rings (SSSR count). The van der Waals surface area contributed by atoms with Crippen LogP contribution < -0.4 is 15.0 Å². The van der Waals surface area contributed by atoms with E-state index in [-0.39, 0.29) is 37.0 Å². The van der Waals surface area contributed by atoms with Gasteiger partial charge in [0.2, 0.25) is 5.91 Å². The molecule has 0 spiro atoms. The fourth-order valence-corrected chi connectivity index (χ4v) is 3.55. The molecule has 1 aliphatic rings. The number of rotatable bonds is 7. The summed E-state index contributed by atoms with van der Waals surface area (Å²) in [5.41, 5.74) is 3.50. The maximum atomic E-state index is 13.1. The molecule has 0 atom stereocenters. The zero-order valence-corrected chi connectivity index (χ0v) is 18.3. The lowest BCUT2D eigenvalue weighted by Gasteiger charge is -2.26. The topological polar surface area (TPSA) is 95.9 Å². The van der Waals surface area contributed by atoms with Crippen LogP contribution in [0.1, 0.15) is 33.5 Å². The molecule has 0 aliphatic carbocycles. The highest BCUT2D eigenvalue weighted by atomic mass is 16.5. The van der Waals surface area contributed by atoms with Gasteiger partial charge < -0.3 is 20.1 Å². The van der Waals surface area contributed by atoms with Gasteiger partial charge in [-0.2, -0.15) is 0 Å². The predicted molar refractivity (Wildman–Crippen MR) is 127 cm³/mol. The molecule has 2 N–H and O–H groups in total. The molecule has 0 unspecified atom stereocenters. The van der Waals surface area contributed by atoms with Gasteiger partial charge in [0.05, 0.1) is 17.8 Å². The van der Waals surface area contributed by atoms with Crippen LogP contribution in [0.4, 0.5) is 5.69 Å². The van der Waals surface area contributed by atoms with Crippen molar-refractivity contribution < 1.29 is 24.2 Å². The zero-order chi connectivity index (χ0) is 23.9. The van der Waals surface area contributed by atoms with Gasteiger partial charge in [0.15, 0.2) is 6.61 Å². The third-order valence-corrected chi connectivity index (χ3v) is 5.31. The van der Waals surface area contributed by atoms with Gasteiger partial charge >= 0.3 is 5.97 Å². The molecule has 3 aromatic carbocycles. The largest absolute Gasteiger partial charge is 0.484 e. The molecule has 0 aromatic heterocycles. The highest BCUT2D eigenvalue weighted by Gasteiger charge is 2.21. The van der Waals surface area contributed by atoms with Crippen molar-refractivity contribution in [3.63, 3.8) is 0 Å². The second-order valence-electron chi connectivity index (χ2n) is 7.62. The number of aromatic carboxylic acids is 1. The first kappa shape index (κ1) is 22.6. The lowest BCUT2D eigenvalue weighted by Crippen LogP contribution is -2.36. The second-order valence-corrected chi connectivity index (χ2v) is 7.62. The number of benzene rings is 3. The molecular weight excluding hydrogens is 432 g/mol. The van der Waals surface area contributed by atoms with Crippen molar-refractivity contribution in [3.05, 3.63) is 95.1 Å². The number of fused-ring (bicyclic) bond motifs is 2. The van der Waals surface area contributed by atoms with Crippen molar-refractivity contribution in [3.8, 4) is 17.6 Å². The average Bonchev–Trinajstić information content (AvgIpc) is 2.84. The molecule has 3 aromatic rings. The molecule has 7 heteroatoms. The molecular formula is C27H22N2O5. The van der Waals surface area contributed by atoms with E-state index in [4.69, 9.17) is 9.84 Å². The molecule has 0 radical (unpaired) electrons. The smallest absolute Gasteiger partial charge is 0.335 e. The van der Waals surface area contributed by atoms with Crippen molar-refractivity contribution in [1.82, 2.24) is 5.32 Å². The highest BCUT2D eigenvalue weighted by molar-refractivity contribution is 5.95. The van der Waals surface area contributed by atoms with E-state index in [1.807, 2.05) is 48.5 Å². The summed E-state index contributed by atoms with van der Waals surface area (Å²) in [6.45, 7) is 0.311. The highest BCUT2D eigenvalue weighted by Crippen LogP contribution is 2.25. The van der Waals surface area contributed by atoms with E-state index in [0.717, 1.165) is 22.4 Å². The number of nitrogens with one attached hydrogen (secondary N) is 1. The van der Waals surface area contributed by atoms with Crippen LogP contribution in [0.3, 0.4) is 0 Å². The van der Waals surface area contributed by atoms with Crippen LogP contribution in [-0.4, -0.2) is 36.0 Å². The minimum absolute atomic E-state index is 0.114. The number of carbonyl (C=O) groups excluding carboxylic acids is 2. The number of para-hydroxylation sites is 1. The number of ether oxygens (including phenoxy) is 1. The Balaban J connectivity index is 1.35. The Morgan fingerprint density at radius 3 is 2.35 bits per heavy atom. The van der Waals surface area contributed by atoms with E-state index in [0.29, 0.717) is 12.3 Å². The molecule has 0 bridgehead atoms. The Kier molecular flexibility index (Phi) is 6.89. The number of hydrogen-bond donors (Lipinski definition) is 2. The van der Waals surface area contributed by atoms with Crippen molar-refractivity contribution >= 4 is 23.5 Å². The average molecular weight is 454 g/mol. The number of carboxylic acid groups (broad SMARTS) is 1. The van der Waals surface area contributed by atoms with Gasteiger partial charge in [-0.25, -0.2) is 4.79 Å². The van der Waals surface area contributed by atoms with Crippen LogP contribution in [0.2, 0.25) is 0 Å². The summed E-state index contributed by atoms with van der Waals surface area (Å²) in [7, 11) is 0. The summed E-state index contributed by atoms with van der Waals surface area (Å²) in [4.78, 5) is 37.9. The van der Waals surface area contributed by atoms with Gasteiger partial charge in [-0.1, -0.05) is 42.2 Å². The lowest BCUT2D eigenvalue weighted by molar-refractivity contribution is -0.123. The molecule has 1 aliphatic heterocycles. The van der Waals surface area contributed by atoms with Crippen molar-refractivity contribution in [2.45, 2.75) is 13.0 Å². The molecule has 34 heavy (non-hydrogen) atoms. The summed E-state index contributed by atoms with van der Waals surface area (Å²) in [5, 5.41) is 11.6. The number of carboxylic acids is 1. The quantitative estimate of drug-likeness (QED) is 0.535. The van der Waals surface area contributed by atoms with Crippen LogP contribution in [0.15, 0.2) is 72.8 Å². The Morgan fingerprint density at radius 1 is 0.912 bits per heavy atom. The van der Waals surface area contributed by atoms with E-state index in [2.05, 4.69) is 17.2 Å². The van der Waals surface area contributed by atoms with Crippen LogP contribution >= 0.6 is 0 Å². The van der Waals surface area contributed by atoms with E-state index in [9.17, 15) is 14.4 Å². The first-order valence-electron chi connectivity index (χ1n) is 10.7. The maximum Gasteiger partial charge on any atom is 0.335 e. The third-order valence-electron chi connectivity index (χ3n) is 5.31. The fraction of sp³-hybridized carbons (Fsp3) is 0.148. The van der Waals surface area contributed by atoms with E-state index >= 15 is 0 Å². The number of amides is 2. The molecule has 0 saturated heterocycles. The van der Waals surface area contributed by atoms with E-state index < -0.39 is 5.97 Å². The number of nitrogens with zero attached hydrogens (tertiary/aromatic N) is 1. The summed E-state index contributed by atoms with van der Waals surface area (Å²) in [5.74, 6) is 5.19. The summed E-state index contributed by atoms with van der Waals surface area (Å²) in [6.07, 6.45) is 0.114. The Hall–Kier alpha value is -4.57. The minimum Gasteiger partial charge on any atom is -0.484 e. The normalized spacial score (nSPS) is 11.6. The first-order chi connectivity index (χ1) is 16.5. The molecule has 0 saturated carbocycles. The Bertz CT molecular complexity index is 1290. The Morgan fingerprint density at radius 2 is 1.59 bits per heavy atom. The molecule has 0 fully saturated rings. The molecule has 170 valence electrons. The van der Waals surface area contributed by atoms with Gasteiger partial charge in [0.1, 0.15) is 5.75 Å². The van der Waals surface area contributed by atoms with Gasteiger partial charge in [0.25, 0.3) is 5.91 Å². The van der Waals surface area contributed by atoms with Crippen LogP contribution in [0.25, 0.3) is 0 Å². The fourth-order valence-electron chi connectivity index (χ4n) is 3.55. The maximum absolute atomic E-state index is 13.1. The van der Waals surface area contributed by atoms with E-state index in [1.165, 1.54) is 24.3 Å². The van der Waals surface area contributed by atoms with Crippen LogP contribution in [-0.2, 0) is 16.1 Å². The second kappa shape index (κ2) is 10.4. The number of hydrogen-bond acceptors (Lipinski definition) is 4. The van der Waals surface area contributed by atoms with Gasteiger partial charge in [-0.3, -0.25) is 9.59 Å². The van der Waals surface area contributed by atoms with Crippen molar-refractivity contribution in [2.75, 3.05) is 18.1 Å². The zero-order valence-electron chi connectivity index (χ0n) is 18.3. The monoisotopic (exact) mass is 454 g/mol.